The Kier molecular flexibility index (Phi) is 4.96. The van der Waals surface area contributed by atoms with Gasteiger partial charge in [0.15, 0.2) is 17.4 Å². The molecular formula is C22H22F2O4. The zero-order chi connectivity index (χ0) is 19.7. The van der Waals surface area contributed by atoms with E-state index in [4.69, 9.17) is 14.6 Å². The van der Waals surface area contributed by atoms with E-state index in [1.54, 1.807) is 18.2 Å². The summed E-state index contributed by atoms with van der Waals surface area (Å²) in [5, 5.41) is 8.94. The lowest BCUT2D eigenvalue weighted by Gasteiger charge is -2.26. The molecule has 4 rings (SSSR count). The molecule has 0 unspecified atom stereocenters. The topological polar surface area (TPSA) is 55.8 Å². The molecule has 0 aliphatic heterocycles. The fourth-order valence-electron chi connectivity index (χ4n) is 3.39. The van der Waals surface area contributed by atoms with Crippen LogP contribution in [-0.4, -0.2) is 23.8 Å². The molecule has 0 amide bonds. The number of hydrogen-bond acceptors (Lipinski definition) is 3. The molecule has 2 saturated carbocycles. The van der Waals surface area contributed by atoms with Crippen molar-refractivity contribution in [3.05, 3.63) is 48.0 Å². The van der Waals surface area contributed by atoms with Gasteiger partial charge in [-0.1, -0.05) is 12.1 Å². The van der Waals surface area contributed by atoms with Gasteiger partial charge in [0, 0.05) is 5.41 Å². The van der Waals surface area contributed by atoms with Crippen molar-refractivity contribution in [2.24, 2.45) is 5.41 Å². The Morgan fingerprint density at radius 1 is 1.11 bits per heavy atom. The van der Waals surface area contributed by atoms with E-state index in [-0.39, 0.29) is 19.1 Å². The van der Waals surface area contributed by atoms with Crippen LogP contribution in [0.5, 0.6) is 11.5 Å². The number of carboxylic acid groups (broad SMARTS) is 1. The Hall–Kier alpha value is -2.63. The van der Waals surface area contributed by atoms with Crippen LogP contribution in [0.15, 0.2) is 36.4 Å². The van der Waals surface area contributed by atoms with Crippen LogP contribution in [0.2, 0.25) is 0 Å². The lowest BCUT2D eigenvalue weighted by molar-refractivity contribution is -0.138. The van der Waals surface area contributed by atoms with E-state index in [0.29, 0.717) is 29.7 Å². The third kappa shape index (κ3) is 4.11. The summed E-state index contributed by atoms with van der Waals surface area (Å²) in [7, 11) is 0. The first-order valence-electron chi connectivity index (χ1n) is 9.55. The number of ether oxygens (including phenoxy) is 2. The smallest absolute Gasteiger partial charge is 0.304 e. The van der Waals surface area contributed by atoms with E-state index in [2.05, 4.69) is 0 Å². The fraction of sp³-hybridized carbons (Fsp3) is 0.409. The lowest BCUT2D eigenvalue weighted by atomic mass is 9.96. The Bertz CT molecular complexity index is 865. The van der Waals surface area contributed by atoms with Gasteiger partial charge < -0.3 is 14.6 Å². The molecular weight excluding hydrogens is 366 g/mol. The molecule has 0 bridgehead atoms. The van der Waals surface area contributed by atoms with Crippen molar-refractivity contribution in [1.82, 2.24) is 0 Å². The van der Waals surface area contributed by atoms with Crippen LogP contribution in [0.3, 0.4) is 0 Å². The molecule has 1 N–H and O–H groups in total. The van der Waals surface area contributed by atoms with E-state index >= 15 is 0 Å². The fourth-order valence-corrected chi connectivity index (χ4v) is 3.39. The van der Waals surface area contributed by atoms with E-state index in [1.165, 1.54) is 12.1 Å². The number of halogens is 2. The van der Waals surface area contributed by atoms with Gasteiger partial charge in [-0.25, -0.2) is 8.78 Å². The Balaban J connectivity index is 1.49. The van der Waals surface area contributed by atoms with Gasteiger partial charge in [0.1, 0.15) is 5.75 Å². The maximum absolute atomic E-state index is 14.5. The molecule has 6 heteroatoms. The van der Waals surface area contributed by atoms with Gasteiger partial charge >= 0.3 is 5.97 Å². The van der Waals surface area contributed by atoms with E-state index < -0.39 is 28.8 Å². The number of benzene rings is 2. The second-order valence-corrected chi connectivity index (χ2v) is 7.83. The molecule has 2 aromatic rings. The molecule has 0 radical (unpaired) electrons. The van der Waals surface area contributed by atoms with Gasteiger partial charge in [-0.05, 0) is 67.5 Å². The van der Waals surface area contributed by atoms with Crippen molar-refractivity contribution in [3.63, 3.8) is 0 Å². The van der Waals surface area contributed by atoms with Crippen LogP contribution in [0.1, 0.15) is 38.5 Å². The molecule has 2 aromatic carbocycles. The normalized spacial score (nSPS) is 17.6. The summed E-state index contributed by atoms with van der Waals surface area (Å²) < 4.78 is 40.2. The third-order valence-corrected chi connectivity index (χ3v) is 5.53. The van der Waals surface area contributed by atoms with Crippen LogP contribution in [0.25, 0.3) is 11.1 Å². The first-order valence-corrected chi connectivity index (χ1v) is 9.55. The molecule has 28 heavy (non-hydrogen) atoms. The third-order valence-electron chi connectivity index (χ3n) is 5.53. The van der Waals surface area contributed by atoms with Gasteiger partial charge in [0.2, 0.25) is 0 Å². The van der Waals surface area contributed by atoms with Gasteiger partial charge in [-0.15, -0.1) is 0 Å². The monoisotopic (exact) mass is 388 g/mol. The maximum atomic E-state index is 14.5. The van der Waals surface area contributed by atoms with E-state index in [1.807, 2.05) is 6.07 Å². The highest BCUT2D eigenvalue weighted by atomic mass is 19.1. The van der Waals surface area contributed by atoms with E-state index in [9.17, 15) is 13.6 Å². The number of hydrogen-bond donors (Lipinski definition) is 1. The van der Waals surface area contributed by atoms with Crippen LogP contribution in [0, 0.1) is 17.0 Å². The minimum atomic E-state index is -0.929. The summed E-state index contributed by atoms with van der Waals surface area (Å²) in [5.74, 6) is -2.30. The highest BCUT2D eigenvalue weighted by Crippen LogP contribution is 2.49. The minimum absolute atomic E-state index is 0.00278. The SMILES string of the molecule is O=C(O)CC1(COc2c(F)cc(-c3cccc(OC4CCC4)c3)cc2F)CC1. The molecule has 2 aliphatic rings. The highest BCUT2D eigenvalue weighted by Gasteiger charge is 2.45. The largest absolute Gasteiger partial charge is 0.490 e. The van der Waals surface area contributed by atoms with Crippen molar-refractivity contribution in [1.29, 1.82) is 0 Å². The molecule has 2 fully saturated rings. The maximum Gasteiger partial charge on any atom is 0.304 e. The van der Waals surface area contributed by atoms with Gasteiger partial charge in [0.05, 0.1) is 19.1 Å². The molecule has 0 heterocycles. The minimum Gasteiger partial charge on any atom is -0.490 e. The Labute approximate surface area is 162 Å². The average molecular weight is 388 g/mol. The molecule has 0 aromatic heterocycles. The average Bonchev–Trinajstić information content (AvgIpc) is 3.36. The predicted octanol–water partition coefficient (Wildman–Crippen LogP) is 5.20. The number of aliphatic carboxylic acids is 1. The summed E-state index contributed by atoms with van der Waals surface area (Å²) in [6, 6.07) is 9.65. The number of carbonyl (C=O) groups is 1. The molecule has 0 saturated heterocycles. The van der Waals surface area contributed by atoms with Crippen LogP contribution >= 0.6 is 0 Å². The van der Waals surface area contributed by atoms with Crippen molar-refractivity contribution in [2.45, 2.75) is 44.6 Å². The van der Waals surface area contributed by atoms with E-state index in [0.717, 1.165) is 19.3 Å². The summed E-state index contributed by atoms with van der Waals surface area (Å²) >= 11 is 0. The summed E-state index contributed by atoms with van der Waals surface area (Å²) in [4.78, 5) is 10.9. The Morgan fingerprint density at radius 2 is 1.82 bits per heavy atom. The van der Waals surface area contributed by atoms with Crippen molar-refractivity contribution in [3.8, 4) is 22.6 Å². The summed E-state index contributed by atoms with van der Waals surface area (Å²) in [6.45, 7) is -0.00278. The van der Waals surface area contributed by atoms with Crippen molar-refractivity contribution < 1.29 is 28.2 Å². The van der Waals surface area contributed by atoms with Gasteiger partial charge in [0.25, 0.3) is 0 Å². The van der Waals surface area contributed by atoms with Crippen LogP contribution < -0.4 is 9.47 Å². The lowest BCUT2D eigenvalue weighted by Crippen LogP contribution is -2.24. The molecule has 2 aliphatic carbocycles. The van der Waals surface area contributed by atoms with Crippen LogP contribution in [-0.2, 0) is 4.79 Å². The number of rotatable bonds is 8. The summed E-state index contributed by atoms with van der Waals surface area (Å²) in [5.41, 5.74) is 0.551. The van der Waals surface area contributed by atoms with Crippen molar-refractivity contribution >= 4 is 5.97 Å². The Morgan fingerprint density at radius 3 is 2.39 bits per heavy atom. The zero-order valence-corrected chi connectivity index (χ0v) is 15.4. The first kappa shape index (κ1) is 18.7. The molecule has 148 valence electrons. The highest BCUT2D eigenvalue weighted by molar-refractivity contribution is 5.68. The second kappa shape index (κ2) is 7.41. The number of carboxylic acids is 1. The molecule has 0 atom stereocenters. The molecule has 0 spiro atoms. The predicted molar refractivity (Wildman–Crippen MR) is 99.5 cm³/mol. The summed E-state index contributed by atoms with van der Waals surface area (Å²) in [6.07, 6.45) is 4.77. The van der Waals surface area contributed by atoms with Gasteiger partial charge in [-0.2, -0.15) is 0 Å². The standard InChI is InChI=1S/C22H22F2O4/c23-18-10-15(14-3-1-6-17(9-14)28-16-4-2-5-16)11-19(24)21(18)27-13-22(7-8-22)12-20(25)26/h1,3,6,9-11,16H,2,4-5,7-8,12-13H2,(H,25,26). The van der Waals surface area contributed by atoms with Crippen LogP contribution in [0.4, 0.5) is 8.78 Å². The van der Waals surface area contributed by atoms with Crippen molar-refractivity contribution in [2.75, 3.05) is 6.61 Å². The second-order valence-electron chi connectivity index (χ2n) is 7.83. The zero-order valence-electron chi connectivity index (χ0n) is 15.4. The quantitative estimate of drug-likeness (QED) is 0.676. The first-order chi connectivity index (χ1) is 13.4. The van der Waals surface area contributed by atoms with Gasteiger partial charge in [-0.3, -0.25) is 4.79 Å². The molecule has 4 nitrogen and oxygen atoms in total.